The van der Waals surface area contributed by atoms with Crippen molar-refractivity contribution in [2.24, 2.45) is 0 Å². The highest BCUT2D eigenvalue weighted by Crippen LogP contribution is 2.46. The molecule has 70 valence electrons. The second-order valence-corrected chi connectivity index (χ2v) is 3.75. The van der Waals surface area contributed by atoms with Gasteiger partial charge in [0.15, 0.2) is 17.2 Å². The van der Waals surface area contributed by atoms with Crippen molar-refractivity contribution in [3.05, 3.63) is 15.6 Å². The first kappa shape index (κ1) is 8.97. The van der Waals surface area contributed by atoms with E-state index in [4.69, 9.17) is 21.1 Å². The van der Waals surface area contributed by atoms with Crippen molar-refractivity contribution in [1.82, 2.24) is 0 Å². The molecule has 2 rings (SSSR count). The van der Waals surface area contributed by atoms with Gasteiger partial charge >= 0.3 is 0 Å². The Labute approximate surface area is 88.3 Å². The number of hydrogen-bond donors (Lipinski definition) is 1. The second-order valence-electron chi connectivity index (χ2n) is 2.55. The smallest absolute Gasteiger partial charge is 0.179 e. The third kappa shape index (κ3) is 1.44. The van der Waals surface area contributed by atoms with Crippen molar-refractivity contribution in [3.8, 4) is 17.2 Å². The van der Waals surface area contributed by atoms with Crippen LogP contribution in [0.4, 0.5) is 0 Å². The van der Waals surface area contributed by atoms with E-state index in [2.05, 4.69) is 15.9 Å². The molecule has 1 aliphatic rings. The van der Waals surface area contributed by atoms with Crippen LogP contribution in [0.5, 0.6) is 17.2 Å². The minimum absolute atomic E-state index is 0.0223. The van der Waals surface area contributed by atoms with Gasteiger partial charge in [-0.15, -0.1) is 0 Å². The summed E-state index contributed by atoms with van der Waals surface area (Å²) in [6.07, 6.45) is 0. The lowest BCUT2D eigenvalue weighted by molar-refractivity contribution is 0.169. The van der Waals surface area contributed by atoms with Gasteiger partial charge in [-0.2, -0.15) is 0 Å². The number of fused-ring (bicyclic) bond motifs is 1. The lowest BCUT2D eigenvalue weighted by Gasteiger charge is -2.20. The largest absolute Gasteiger partial charge is 0.505 e. The molecule has 0 bridgehead atoms. The number of aromatic hydroxyl groups is 1. The van der Waals surface area contributed by atoms with Gasteiger partial charge in [-0.3, -0.25) is 0 Å². The van der Waals surface area contributed by atoms with E-state index in [0.29, 0.717) is 29.2 Å². The van der Waals surface area contributed by atoms with E-state index in [1.165, 1.54) is 6.07 Å². The number of hydrogen-bond acceptors (Lipinski definition) is 3. The number of phenols is 1. The second kappa shape index (κ2) is 3.27. The van der Waals surface area contributed by atoms with Crippen LogP contribution in [-0.4, -0.2) is 18.3 Å². The molecular weight excluding hydrogens is 259 g/mol. The molecular formula is C8H6BrClO3. The van der Waals surface area contributed by atoms with Gasteiger partial charge in [0, 0.05) is 6.07 Å². The van der Waals surface area contributed by atoms with E-state index >= 15 is 0 Å². The lowest BCUT2D eigenvalue weighted by atomic mass is 10.3. The molecule has 0 spiro atoms. The van der Waals surface area contributed by atoms with E-state index < -0.39 is 0 Å². The summed E-state index contributed by atoms with van der Waals surface area (Å²) in [4.78, 5) is 0. The summed E-state index contributed by atoms with van der Waals surface area (Å²) >= 11 is 8.91. The Balaban J connectivity index is 2.60. The molecule has 5 heteroatoms. The highest BCUT2D eigenvalue weighted by molar-refractivity contribution is 9.10. The summed E-state index contributed by atoms with van der Waals surface area (Å²) in [6, 6.07) is 1.54. The standard InChI is InChI=1S/C8H6BrClO3/c9-6-7(11)4(10)3-5-8(6)13-2-1-12-5/h3,11H,1-2H2. The monoisotopic (exact) mass is 264 g/mol. The van der Waals surface area contributed by atoms with Crippen molar-refractivity contribution in [1.29, 1.82) is 0 Å². The van der Waals surface area contributed by atoms with Crippen molar-refractivity contribution in [2.45, 2.75) is 0 Å². The van der Waals surface area contributed by atoms with Gasteiger partial charge in [0.1, 0.15) is 17.7 Å². The van der Waals surface area contributed by atoms with Crippen LogP contribution in [0.15, 0.2) is 10.5 Å². The molecule has 0 saturated heterocycles. The minimum atomic E-state index is -0.0223. The molecule has 1 aromatic rings. The molecule has 1 aliphatic heterocycles. The number of halogens is 2. The molecule has 1 heterocycles. The lowest BCUT2D eigenvalue weighted by Crippen LogP contribution is -2.15. The average Bonchev–Trinajstić information content (AvgIpc) is 2.15. The van der Waals surface area contributed by atoms with Gasteiger partial charge in [0.05, 0.1) is 5.02 Å². The molecule has 0 fully saturated rings. The van der Waals surface area contributed by atoms with Crippen LogP contribution in [0.25, 0.3) is 0 Å². The molecule has 13 heavy (non-hydrogen) atoms. The quantitative estimate of drug-likeness (QED) is 0.783. The van der Waals surface area contributed by atoms with Gasteiger partial charge in [0.25, 0.3) is 0 Å². The van der Waals surface area contributed by atoms with Gasteiger partial charge in [0.2, 0.25) is 0 Å². The first-order chi connectivity index (χ1) is 6.20. The van der Waals surface area contributed by atoms with Crippen LogP contribution in [0.1, 0.15) is 0 Å². The molecule has 0 aliphatic carbocycles. The van der Waals surface area contributed by atoms with E-state index in [0.717, 1.165) is 0 Å². The summed E-state index contributed by atoms with van der Waals surface area (Å²) < 4.78 is 11.0. The molecule has 0 aromatic heterocycles. The first-order valence-electron chi connectivity index (χ1n) is 3.66. The SMILES string of the molecule is Oc1c(Cl)cc2c(c1Br)OCCO2. The van der Waals surface area contributed by atoms with Gasteiger partial charge in [-0.05, 0) is 15.9 Å². The topological polar surface area (TPSA) is 38.7 Å². The predicted octanol–water partition coefficient (Wildman–Crippen LogP) is 2.58. The van der Waals surface area contributed by atoms with Crippen molar-refractivity contribution < 1.29 is 14.6 Å². The maximum atomic E-state index is 9.45. The number of ether oxygens (including phenoxy) is 2. The first-order valence-corrected chi connectivity index (χ1v) is 4.84. The zero-order chi connectivity index (χ0) is 9.42. The van der Waals surface area contributed by atoms with E-state index in [1.54, 1.807) is 0 Å². The Morgan fingerprint density at radius 2 is 2.08 bits per heavy atom. The number of benzene rings is 1. The summed E-state index contributed by atoms with van der Waals surface area (Å²) in [6.45, 7) is 0.979. The molecule has 1 aromatic carbocycles. The van der Waals surface area contributed by atoms with Crippen LogP contribution in [0.2, 0.25) is 5.02 Å². The summed E-state index contributed by atoms with van der Waals surface area (Å²) in [5.74, 6) is 1.04. The molecule has 1 N–H and O–H groups in total. The van der Waals surface area contributed by atoms with Crippen LogP contribution in [0.3, 0.4) is 0 Å². The predicted molar refractivity (Wildman–Crippen MR) is 51.8 cm³/mol. The van der Waals surface area contributed by atoms with Crippen LogP contribution in [-0.2, 0) is 0 Å². The van der Waals surface area contributed by atoms with E-state index in [-0.39, 0.29) is 10.8 Å². The minimum Gasteiger partial charge on any atom is -0.505 e. The zero-order valence-corrected chi connectivity index (χ0v) is 8.85. The van der Waals surface area contributed by atoms with E-state index in [1.807, 2.05) is 0 Å². The Kier molecular flexibility index (Phi) is 2.26. The average molecular weight is 265 g/mol. The molecule has 0 atom stereocenters. The number of rotatable bonds is 0. The Bertz CT molecular complexity index is 354. The fourth-order valence-electron chi connectivity index (χ4n) is 1.11. The number of phenolic OH excluding ortho intramolecular Hbond substituents is 1. The van der Waals surface area contributed by atoms with E-state index in [9.17, 15) is 5.11 Å². The van der Waals surface area contributed by atoms with Crippen molar-refractivity contribution in [2.75, 3.05) is 13.2 Å². The van der Waals surface area contributed by atoms with Crippen molar-refractivity contribution in [3.63, 3.8) is 0 Å². The third-order valence-corrected chi connectivity index (χ3v) is 2.73. The van der Waals surface area contributed by atoms with Crippen molar-refractivity contribution >= 4 is 27.5 Å². The summed E-state index contributed by atoms with van der Waals surface area (Å²) in [7, 11) is 0. The zero-order valence-electron chi connectivity index (χ0n) is 6.51. The Hall–Kier alpha value is -0.610. The molecule has 0 radical (unpaired) electrons. The fraction of sp³-hybridized carbons (Fsp3) is 0.250. The molecule has 0 amide bonds. The highest BCUT2D eigenvalue weighted by atomic mass is 79.9. The summed E-state index contributed by atoms with van der Waals surface area (Å²) in [5, 5.41) is 9.69. The summed E-state index contributed by atoms with van der Waals surface area (Å²) in [5.41, 5.74) is 0. The Morgan fingerprint density at radius 3 is 2.85 bits per heavy atom. The molecule has 0 unspecified atom stereocenters. The van der Waals surface area contributed by atoms with Crippen LogP contribution < -0.4 is 9.47 Å². The third-order valence-electron chi connectivity index (χ3n) is 1.70. The maximum Gasteiger partial charge on any atom is 0.179 e. The van der Waals surface area contributed by atoms with Gasteiger partial charge in [-0.1, -0.05) is 11.6 Å². The maximum absolute atomic E-state index is 9.45. The molecule has 3 nitrogen and oxygen atoms in total. The van der Waals surface area contributed by atoms with Crippen LogP contribution in [0, 0.1) is 0 Å². The molecule has 0 saturated carbocycles. The highest BCUT2D eigenvalue weighted by Gasteiger charge is 2.20. The van der Waals surface area contributed by atoms with Gasteiger partial charge < -0.3 is 14.6 Å². The normalized spacial score (nSPS) is 14.3. The Morgan fingerprint density at radius 1 is 1.38 bits per heavy atom. The van der Waals surface area contributed by atoms with Crippen LogP contribution >= 0.6 is 27.5 Å². The fourth-order valence-corrected chi connectivity index (χ4v) is 1.94. The van der Waals surface area contributed by atoms with Gasteiger partial charge in [-0.25, -0.2) is 0 Å².